The fraction of sp³-hybridized carbons (Fsp3) is 0.333. The maximum absolute atomic E-state index is 5.98. The summed E-state index contributed by atoms with van der Waals surface area (Å²) in [5.74, 6) is 0.546. The van der Waals surface area contributed by atoms with Crippen LogP contribution in [0.1, 0.15) is 12.0 Å². The summed E-state index contributed by atoms with van der Waals surface area (Å²) in [6.45, 7) is 1.70. The minimum absolute atomic E-state index is 0.134. The van der Waals surface area contributed by atoms with Crippen molar-refractivity contribution in [2.24, 2.45) is 0 Å². The second-order valence-electron chi connectivity index (χ2n) is 4.98. The van der Waals surface area contributed by atoms with Gasteiger partial charge in [0.15, 0.2) is 17.0 Å². The highest BCUT2D eigenvalue weighted by Crippen LogP contribution is 2.23. The van der Waals surface area contributed by atoms with Gasteiger partial charge in [0.2, 0.25) is 5.28 Å². The first kappa shape index (κ1) is 16.4. The molecular weight excluding hydrogens is 332 g/mol. The van der Waals surface area contributed by atoms with Gasteiger partial charge in [-0.1, -0.05) is 0 Å². The number of nitrogens with zero attached hydrogens (tertiary/aromatic N) is 4. The number of ether oxygens (including phenoxy) is 2. The van der Waals surface area contributed by atoms with Crippen molar-refractivity contribution in [2.45, 2.75) is 13.0 Å². The van der Waals surface area contributed by atoms with Crippen LogP contribution in [-0.4, -0.2) is 45.2 Å². The Kier molecular flexibility index (Phi) is 5.39. The standard InChI is InChI=1S/C15H17ClN6O2/c1-23-7-2-8-24-15-19-11-12(20-14(16)21-13(11)22-15)18-9-10-3-5-17-6-4-10/h3-6H,2,7-9H2,1H3,(H2,18,19,20,21,22). The van der Waals surface area contributed by atoms with Crippen molar-refractivity contribution in [2.75, 3.05) is 25.6 Å². The van der Waals surface area contributed by atoms with Gasteiger partial charge in [0.05, 0.1) is 6.61 Å². The topological polar surface area (TPSA) is 97.8 Å². The van der Waals surface area contributed by atoms with Crippen molar-refractivity contribution in [3.05, 3.63) is 35.4 Å². The number of rotatable bonds is 8. The Hall–Kier alpha value is -2.45. The van der Waals surface area contributed by atoms with Crippen molar-refractivity contribution in [3.63, 3.8) is 0 Å². The van der Waals surface area contributed by atoms with Crippen LogP contribution < -0.4 is 10.1 Å². The van der Waals surface area contributed by atoms with Crippen molar-refractivity contribution in [1.82, 2.24) is 24.9 Å². The summed E-state index contributed by atoms with van der Waals surface area (Å²) in [6.07, 6.45) is 4.24. The summed E-state index contributed by atoms with van der Waals surface area (Å²) in [7, 11) is 1.65. The summed E-state index contributed by atoms with van der Waals surface area (Å²) in [4.78, 5) is 19.7. The highest BCUT2D eigenvalue weighted by molar-refractivity contribution is 6.28. The molecular formula is C15H17ClN6O2. The second kappa shape index (κ2) is 7.89. The zero-order valence-corrected chi connectivity index (χ0v) is 13.9. The highest BCUT2D eigenvalue weighted by Gasteiger charge is 2.13. The number of aromatic amines is 1. The maximum atomic E-state index is 5.98. The monoisotopic (exact) mass is 348 g/mol. The van der Waals surface area contributed by atoms with Crippen molar-refractivity contribution in [3.8, 4) is 6.01 Å². The molecule has 3 rings (SSSR count). The first-order valence-electron chi connectivity index (χ1n) is 7.44. The summed E-state index contributed by atoms with van der Waals surface area (Å²) < 4.78 is 10.5. The molecule has 0 radical (unpaired) electrons. The van der Waals surface area contributed by atoms with Gasteiger partial charge in [-0.2, -0.15) is 15.0 Å². The third-order valence-electron chi connectivity index (χ3n) is 3.24. The van der Waals surface area contributed by atoms with E-state index in [1.807, 2.05) is 12.1 Å². The molecule has 8 nitrogen and oxygen atoms in total. The Morgan fingerprint density at radius 1 is 1.17 bits per heavy atom. The number of halogens is 1. The summed E-state index contributed by atoms with van der Waals surface area (Å²) in [6, 6.07) is 4.22. The van der Waals surface area contributed by atoms with Crippen LogP contribution >= 0.6 is 11.6 Å². The molecule has 0 fully saturated rings. The van der Waals surface area contributed by atoms with E-state index in [1.165, 1.54) is 0 Å². The van der Waals surface area contributed by atoms with E-state index < -0.39 is 0 Å². The van der Waals surface area contributed by atoms with E-state index in [0.29, 0.717) is 42.8 Å². The molecule has 3 aromatic heterocycles. The molecule has 0 aliphatic rings. The van der Waals surface area contributed by atoms with Crippen molar-refractivity contribution < 1.29 is 9.47 Å². The fourth-order valence-electron chi connectivity index (χ4n) is 2.10. The Labute approximate surface area is 143 Å². The van der Waals surface area contributed by atoms with Gasteiger partial charge in [-0.25, -0.2) is 0 Å². The van der Waals surface area contributed by atoms with Crippen LogP contribution in [0.3, 0.4) is 0 Å². The lowest BCUT2D eigenvalue weighted by Crippen LogP contribution is -2.03. The third kappa shape index (κ3) is 4.09. The van der Waals surface area contributed by atoms with E-state index >= 15 is 0 Å². The number of pyridine rings is 1. The molecule has 0 spiro atoms. The molecule has 3 heterocycles. The van der Waals surface area contributed by atoms with Crippen LogP contribution in [0.5, 0.6) is 6.01 Å². The quantitative estimate of drug-likeness (QED) is 0.476. The predicted octanol–water partition coefficient (Wildman–Crippen LogP) is 2.43. The average molecular weight is 349 g/mol. The molecule has 9 heteroatoms. The molecule has 2 N–H and O–H groups in total. The maximum Gasteiger partial charge on any atom is 0.295 e. The molecule has 24 heavy (non-hydrogen) atoms. The van der Waals surface area contributed by atoms with Gasteiger partial charge in [-0.3, -0.25) is 9.97 Å². The Morgan fingerprint density at radius 3 is 2.79 bits per heavy atom. The van der Waals surface area contributed by atoms with Crippen molar-refractivity contribution >= 4 is 28.6 Å². The molecule has 0 aliphatic carbocycles. The normalized spacial score (nSPS) is 10.9. The van der Waals surface area contributed by atoms with Crippen LogP contribution in [0.15, 0.2) is 24.5 Å². The predicted molar refractivity (Wildman–Crippen MR) is 90.2 cm³/mol. The smallest absolute Gasteiger partial charge is 0.295 e. The lowest BCUT2D eigenvalue weighted by atomic mass is 10.3. The molecule has 0 saturated carbocycles. The summed E-state index contributed by atoms with van der Waals surface area (Å²) in [5, 5.41) is 3.35. The van der Waals surface area contributed by atoms with E-state index in [1.54, 1.807) is 19.5 Å². The van der Waals surface area contributed by atoms with E-state index in [9.17, 15) is 0 Å². The lowest BCUT2D eigenvalue weighted by Gasteiger charge is -2.05. The van der Waals surface area contributed by atoms with Crippen molar-refractivity contribution in [1.29, 1.82) is 0 Å². The number of anilines is 1. The number of fused-ring (bicyclic) bond motifs is 1. The molecule has 0 atom stereocenters. The number of H-pyrrole nitrogens is 1. The Balaban J connectivity index is 1.75. The van der Waals surface area contributed by atoms with Crippen LogP contribution in [0.2, 0.25) is 5.28 Å². The number of hydrogen-bond donors (Lipinski definition) is 2. The minimum atomic E-state index is 0.134. The third-order valence-corrected chi connectivity index (χ3v) is 3.41. The lowest BCUT2D eigenvalue weighted by molar-refractivity contribution is 0.169. The molecule has 0 unspecified atom stereocenters. The van der Waals surface area contributed by atoms with E-state index in [0.717, 1.165) is 12.0 Å². The fourth-order valence-corrected chi connectivity index (χ4v) is 2.27. The van der Waals surface area contributed by atoms with Gasteiger partial charge in [0, 0.05) is 39.1 Å². The number of aromatic nitrogens is 5. The second-order valence-corrected chi connectivity index (χ2v) is 5.32. The van der Waals surface area contributed by atoms with Gasteiger partial charge >= 0.3 is 0 Å². The molecule has 0 aromatic carbocycles. The minimum Gasteiger partial charge on any atom is -0.465 e. The first-order valence-corrected chi connectivity index (χ1v) is 7.82. The highest BCUT2D eigenvalue weighted by atomic mass is 35.5. The van der Waals surface area contributed by atoms with Gasteiger partial charge in [-0.15, -0.1) is 0 Å². The zero-order valence-electron chi connectivity index (χ0n) is 13.1. The molecule has 0 aliphatic heterocycles. The Morgan fingerprint density at radius 2 is 2.00 bits per heavy atom. The number of hydrogen-bond acceptors (Lipinski definition) is 7. The van der Waals surface area contributed by atoms with Crippen LogP contribution in [0.4, 0.5) is 5.82 Å². The van der Waals surface area contributed by atoms with Crippen LogP contribution in [0.25, 0.3) is 11.2 Å². The zero-order chi connectivity index (χ0) is 16.8. The van der Waals surface area contributed by atoms with E-state index in [-0.39, 0.29) is 5.28 Å². The van der Waals surface area contributed by atoms with Crippen LogP contribution in [0, 0.1) is 0 Å². The average Bonchev–Trinajstić information content (AvgIpc) is 3.00. The molecule has 0 bridgehead atoms. The van der Waals surface area contributed by atoms with Crippen LogP contribution in [-0.2, 0) is 11.3 Å². The molecule has 126 valence electrons. The van der Waals surface area contributed by atoms with E-state index in [4.69, 9.17) is 21.1 Å². The largest absolute Gasteiger partial charge is 0.465 e. The number of imidazole rings is 1. The van der Waals surface area contributed by atoms with Gasteiger partial charge in [0.1, 0.15) is 0 Å². The van der Waals surface area contributed by atoms with Gasteiger partial charge in [-0.05, 0) is 29.3 Å². The van der Waals surface area contributed by atoms with Gasteiger partial charge < -0.3 is 14.8 Å². The Bertz CT molecular complexity index is 795. The summed E-state index contributed by atoms with van der Waals surface area (Å²) in [5.41, 5.74) is 2.17. The molecule has 0 amide bonds. The SMILES string of the molecule is COCCCOc1nc2c(NCc3ccncc3)nc(Cl)nc2[nH]1. The molecule has 3 aromatic rings. The van der Waals surface area contributed by atoms with E-state index in [2.05, 4.69) is 30.2 Å². The number of nitrogens with one attached hydrogen (secondary N) is 2. The number of methoxy groups -OCH3 is 1. The van der Waals surface area contributed by atoms with Gasteiger partial charge in [0.25, 0.3) is 6.01 Å². The molecule has 0 saturated heterocycles. The summed E-state index contributed by atoms with van der Waals surface area (Å²) >= 11 is 5.98. The first-order chi connectivity index (χ1) is 11.8.